The molecular formula is C32H54NO7Rh-. The standard InChI is InChI=1S/C32H54NO7.Rh/c1-12-32(35)19-22(4)20(2)16-14-13-15-17-23(5)38-26(34)18-21(3)28(36-10)30(32)40-31-29(37-11)27(33(8)9)24(6)25(7)39-31;/h1,12-16,20-25,27-31,35H,17-19H2,2-11H3;/q-1;/b15-13+,16-14+;/t20-,21+,22+,23+,24?,25?,27?,28-,29?,30+,31?,32+;/m0./s1. The van der Waals surface area contributed by atoms with E-state index in [1.54, 1.807) is 14.2 Å². The Hall–Kier alpha value is -0.927. The maximum atomic E-state index is 12.9. The number of esters is 1. The van der Waals surface area contributed by atoms with Crippen molar-refractivity contribution in [2.24, 2.45) is 23.7 Å². The Bertz CT molecular complexity index is 867. The molecule has 0 aliphatic carbocycles. The smallest absolute Gasteiger partial charge is 0.306 e. The predicted molar refractivity (Wildman–Crippen MR) is 156 cm³/mol. The van der Waals surface area contributed by atoms with Crippen molar-refractivity contribution in [2.75, 3.05) is 28.3 Å². The molecule has 0 saturated carbocycles. The van der Waals surface area contributed by atoms with Crippen molar-refractivity contribution in [3.8, 4) is 0 Å². The summed E-state index contributed by atoms with van der Waals surface area (Å²) < 4.78 is 30.7. The summed E-state index contributed by atoms with van der Waals surface area (Å²) in [7, 11) is 7.22. The number of methoxy groups -OCH3 is 2. The zero-order valence-corrected chi connectivity index (χ0v) is 28.3. The first-order valence-electron chi connectivity index (χ1n) is 14.6. The second-order valence-electron chi connectivity index (χ2n) is 12.2. The van der Waals surface area contributed by atoms with Gasteiger partial charge in [-0.2, -0.15) is 0 Å². The summed E-state index contributed by atoms with van der Waals surface area (Å²) in [5.74, 6) is -0.327. The molecule has 2 heterocycles. The molecule has 1 radical (unpaired) electrons. The molecule has 0 amide bonds. The van der Waals surface area contributed by atoms with Crippen LogP contribution in [0, 0.1) is 30.3 Å². The average Bonchev–Trinajstić information content (AvgIpc) is 2.88. The molecule has 239 valence electrons. The molecule has 2 aliphatic rings. The van der Waals surface area contributed by atoms with E-state index in [4.69, 9.17) is 30.3 Å². The molecule has 0 spiro atoms. The number of hydrogen-bond donors (Lipinski definition) is 1. The fraction of sp³-hybridized carbons (Fsp3) is 0.781. The molecule has 2 aliphatic heterocycles. The molecule has 0 aromatic carbocycles. The maximum Gasteiger partial charge on any atom is 0.306 e. The van der Waals surface area contributed by atoms with Gasteiger partial charge in [-0.25, -0.2) is 6.08 Å². The predicted octanol–water partition coefficient (Wildman–Crippen LogP) is 4.57. The fourth-order valence-electron chi connectivity index (χ4n) is 6.01. The third-order valence-corrected chi connectivity index (χ3v) is 8.79. The number of hydrogen-bond acceptors (Lipinski definition) is 8. The van der Waals surface area contributed by atoms with Crippen molar-refractivity contribution in [1.82, 2.24) is 4.90 Å². The van der Waals surface area contributed by atoms with E-state index in [0.29, 0.717) is 12.8 Å². The SMILES string of the molecule is [CH-]=C[C@@]1(O)C[C@@H](C)[C@@H](C)/C=C/C=C/C[C@@H](C)OC(=O)C[C@@H](C)[C@H](OC)[C@H]1OC1OC(C)C(C)C(N(C)C)C1OC.[Rh]. The average molecular weight is 668 g/mol. The second kappa shape index (κ2) is 17.4. The molecule has 0 aromatic rings. The third kappa shape index (κ3) is 10.1. The Morgan fingerprint density at radius 3 is 2.24 bits per heavy atom. The molecule has 9 heteroatoms. The van der Waals surface area contributed by atoms with Gasteiger partial charge in [-0.15, -0.1) is 0 Å². The number of aliphatic hydroxyl groups is 1. The van der Waals surface area contributed by atoms with Crippen LogP contribution in [0.3, 0.4) is 0 Å². The van der Waals surface area contributed by atoms with E-state index in [1.807, 2.05) is 53.1 Å². The van der Waals surface area contributed by atoms with Gasteiger partial charge in [0, 0.05) is 52.1 Å². The van der Waals surface area contributed by atoms with Crippen LogP contribution >= 0.6 is 0 Å². The zero-order valence-electron chi connectivity index (χ0n) is 26.6. The topological polar surface area (TPSA) is 86.7 Å². The van der Waals surface area contributed by atoms with E-state index in [1.165, 1.54) is 6.08 Å². The minimum Gasteiger partial charge on any atom is -0.515 e. The number of nitrogens with zero attached hydrogens (tertiary/aromatic N) is 1. The number of allylic oxidation sites excluding steroid dienone is 3. The van der Waals surface area contributed by atoms with E-state index < -0.39 is 30.2 Å². The van der Waals surface area contributed by atoms with E-state index >= 15 is 0 Å². The van der Waals surface area contributed by atoms with Gasteiger partial charge in [-0.3, -0.25) is 4.79 Å². The number of carbonyl (C=O) groups is 1. The summed E-state index contributed by atoms with van der Waals surface area (Å²) in [4.78, 5) is 15.0. The number of rotatable bonds is 6. The maximum absolute atomic E-state index is 12.9. The first kappa shape index (κ1) is 38.1. The van der Waals surface area contributed by atoms with Crippen molar-refractivity contribution >= 4 is 5.97 Å². The number of cyclic esters (lactones) is 1. The second-order valence-corrected chi connectivity index (χ2v) is 12.2. The summed E-state index contributed by atoms with van der Waals surface area (Å²) in [6.07, 6.45) is 7.07. The fourth-order valence-corrected chi connectivity index (χ4v) is 6.01. The van der Waals surface area contributed by atoms with Crippen LogP contribution in [0.15, 0.2) is 30.4 Å². The van der Waals surface area contributed by atoms with Crippen LogP contribution in [0.5, 0.6) is 0 Å². The summed E-state index contributed by atoms with van der Waals surface area (Å²) in [6.45, 7) is 18.3. The van der Waals surface area contributed by atoms with Gasteiger partial charge in [0.15, 0.2) is 6.29 Å². The third-order valence-electron chi connectivity index (χ3n) is 8.79. The Kier molecular flexibility index (Phi) is 16.2. The quantitative estimate of drug-likeness (QED) is 0.251. The molecule has 12 atom stereocenters. The van der Waals surface area contributed by atoms with Crippen LogP contribution in [-0.2, 0) is 48.0 Å². The van der Waals surface area contributed by atoms with Gasteiger partial charge in [0.05, 0.1) is 24.2 Å². The van der Waals surface area contributed by atoms with Gasteiger partial charge < -0.3 is 40.3 Å². The van der Waals surface area contributed by atoms with Gasteiger partial charge in [-0.1, -0.05) is 52.0 Å². The van der Waals surface area contributed by atoms with Crippen LogP contribution in [0.25, 0.3) is 0 Å². The van der Waals surface area contributed by atoms with Gasteiger partial charge >= 0.3 is 5.97 Å². The number of ether oxygens (including phenoxy) is 5. The monoisotopic (exact) mass is 667 g/mol. The van der Waals surface area contributed by atoms with Crippen molar-refractivity contribution in [1.29, 1.82) is 0 Å². The first-order valence-corrected chi connectivity index (χ1v) is 14.6. The summed E-state index contributed by atoms with van der Waals surface area (Å²) in [5.41, 5.74) is -1.60. The van der Waals surface area contributed by atoms with Crippen molar-refractivity contribution in [2.45, 2.75) is 109 Å². The molecular weight excluding hydrogens is 613 g/mol. The van der Waals surface area contributed by atoms with Crippen LogP contribution in [0.4, 0.5) is 0 Å². The molecule has 41 heavy (non-hydrogen) atoms. The Morgan fingerprint density at radius 1 is 1.05 bits per heavy atom. The van der Waals surface area contributed by atoms with Crippen molar-refractivity contribution < 1.29 is 53.1 Å². The molecule has 1 fully saturated rings. The summed E-state index contributed by atoms with van der Waals surface area (Å²) in [6, 6.07) is 0.00640. The summed E-state index contributed by atoms with van der Waals surface area (Å²) >= 11 is 0. The zero-order chi connectivity index (χ0) is 30.2. The molecule has 0 bridgehead atoms. The van der Waals surface area contributed by atoms with Crippen molar-refractivity contribution in [3.63, 3.8) is 0 Å². The van der Waals surface area contributed by atoms with Crippen LogP contribution in [0.1, 0.15) is 60.8 Å². The van der Waals surface area contributed by atoms with Crippen molar-refractivity contribution in [3.05, 3.63) is 37.0 Å². The normalized spacial score (nSPS) is 43.0. The minimum absolute atomic E-state index is 0. The van der Waals surface area contributed by atoms with Gasteiger partial charge in [0.1, 0.15) is 18.3 Å². The van der Waals surface area contributed by atoms with Crippen LogP contribution in [0.2, 0.25) is 0 Å². The Morgan fingerprint density at radius 2 is 1.68 bits per heavy atom. The molecule has 0 aromatic heterocycles. The molecule has 1 saturated heterocycles. The molecule has 5 unspecified atom stereocenters. The Labute approximate surface area is 261 Å². The summed E-state index contributed by atoms with van der Waals surface area (Å²) in [5, 5.41) is 12.2. The molecule has 1 N–H and O–H groups in total. The van der Waals surface area contributed by atoms with E-state index in [2.05, 4.69) is 31.7 Å². The van der Waals surface area contributed by atoms with E-state index in [9.17, 15) is 9.90 Å². The van der Waals surface area contributed by atoms with Gasteiger partial charge in [0.25, 0.3) is 0 Å². The number of carbonyl (C=O) groups excluding carboxylic acids is 1. The van der Waals surface area contributed by atoms with Gasteiger partial charge in [-0.05, 0) is 52.1 Å². The van der Waals surface area contributed by atoms with E-state index in [-0.39, 0.29) is 73.8 Å². The van der Waals surface area contributed by atoms with Crippen LogP contribution < -0.4 is 0 Å². The van der Waals surface area contributed by atoms with E-state index in [0.717, 1.165) is 0 Å². The Balaban J connectivity index is 0.00000840. The molecule has 8 nitrogen and oxygen atoms in total. The van der Waals surface area contributed by atoms with Crippen LogP contribution in [-0.4, -0.2) is 92.7 Å². The molecule has 2 rings (SSSR count). The largest absolute Gasteiger partial charge is 0.515 e. The van der Waals surface area contributed by atoms with Gasteiger partial charge in [0.2, 0.25) is 0 Å². The number of likely N-dealkylation sites (N-methyl/N-ethyl adjacent to an activating group) is 1. The first-order chi connectivity index (χ1) is 18.8. The minimum atomic E-state index is -1.60.